The number of carbonyl (C=O) groups is 1. The fraction of sp³-hybridized carbons (Fsp3) is 0.533. The zero-order valence-electron chi connectivity index (χ0n) is 22.4. The Morgan fingerprint density at radius 1 is 1.24 bits per heavy atom. The van der Waals surface area contributed by atoms with Crippen LogP contribution in [0, 0.1) is 0 Å². The molecule has 0 aliphatic carbocycles. The number of rotatable bonds is 10. The van der Waals surface area contributed by atoms with E-state index in [1.54, 1.807) is 0 Å². The molecule has 2 N–H and O–H groups in total. The van der Waals surface area contributed by atoms with Crippen molar-refractivity contribution in [3.05, 3.63) is 65.9 Å². The number of hydrogen-bond acceptors (Lipinski definition) is 6. The molecular formula is C30H42N4O3. The first-order chi connectivity index (χ1) is 18.0. The highest BCUT2D eigenvalue weighted by atomic mass is 16.5. The summed E-state index contributed by atoms with van der Waals surface area (Å²) in [5, 5.41) is 13.7. The van der Waals surface area contributed by atoms with Gasteiger partial charge in [-0.25, -0.2) is 4.98 Å². The second kappa shape index (κ2) is 13.2. The summed E-state index contributed by atoms with van der Waals surface area (Å²) in [4.78, 5) is 21.0. The highest BCUT2D eigenvalue weighted by molar-refractivity contribution is 5.87. The maximum Gasteiger partial charge on any atom is 0.245 e. The molecule has 7 nitrogen and oxygen atoms in total. The van der Waals surface area contributed by atoms with Crippen molar-refractivity contribution in [3.63, 3.8) is 0 Å². The molecule has 1 aromatic heterocycles. The number of pyridine rings is 1. The first kappa shape index (κ1) is 27.3. The standard InChI is InChI=1S/C30H42N4O3/c1-4-29(36)33(5-2)20-22(3)34-15-10-23(11-16-34)25-7-6-8-26(19-25)32-30-28(21-35)27(9-14-31-30)24-12-17-37-18-13-24/h4,6-9,14,19,22-24,35H,1,5,10-13,15-18,20-21H2,2-3H3,(H,31,32). The van der Waals surface area contributed by atoms with Crippen LogP contribution in [-0.2, 0) is 16.1 Å². The topological polar surface area (TPSA) is 77.9 Å². The van der Waals surface area contributed by atoms with E-state index >= 15 is 0 Å². The number of aliphatic hydroxyl groups excluding tert-OH is 1. The molecular weight excluding hydrogens is 464 g/mol. The number of hydrogen-bond donors (Lipinski definition) is 2. The van der Waals surface area contributed by atoms with Crippen LogP contribution < -0.4 is 5.32 Å². The van der Waals surface area contributed by atoms with Gasteiger partial charge in [0, 0.05) is 49.8 Å². The largest absolute Gasteiger partial charge is 0.392 e. The van der Waals surface area contributed by atoms with Crippen molar-refractivity contribution in [1.82, 2.24) is 14.8 Å². The van der Waals surface area contributed by atoms with Gasteiger partial charge in [-0.05, 0) is 99.9 Å². The summed E-state index contributed by atoms with van der Waals surface area (Å²) in [7, 11) is 0. The highest BCUT2D eigenvalue weighted by Crippen LogP contribution is 2.34. The van der Waals surface area contributed by atoms with E-state index in [0.717, 1.165) is 75.6 Å². The molecule has 0 bridgehead atoms. The van der Waals surface area contributed by atoms with Crippen molar-refractivity contribution in [3.8, 4) is 0 Å². The molecule has 0 spiro atoms. The Labute approximate surface area is 221 Å². The van der Waals surface area contributed by atoms with E-state index in [2.05, 4.69) is 53.0 Å². The molecule has 2 aromatic rings. The quantitative estimate of drug-likeness (QED) is 0.450. The maximum absolute atomic E-state index is 12.1. The second-order valence-corrected chi connectivity index (χ2v) is 10.3. The zero-order chi connectivity index (χ0) is 26.2. The fourth-order valence-electron chi connectivity index (χ4n) is 5.79. The van der Waals surface area contributed by atoms with Gasteiger partial charge in [-0.2, -0.15) is 0 Å². The molecule has 1 unspecified atom stereocenters. The van der Waals surface area contributed by atoms with Gasteiger partial charge in [0.25, 0.3) is 0 Å². The first-order valence-electron chi connectivity index (χ1n) is 13.7. The zero-order valence-corrected chi connectivity index (χ0v) is 22.4. The minimum atomic E-state index is -0.0347. The van der Waals surface area contributed by atoms with Crippen molar-refractivity contribution in [2.75, 3.05) is 44.7 Å². The number of piperidine rings is 1. The van der Waals surface area contributed by atoms with E-state index in [0.29, 0.717) is 24.4 Å². The van der Waals surface area contributed by atoms with Gasteiger partial charge in [0.15, 0.2) is 0 Å². The smallest absolute Gasteiger partial charge is 0.245 e. The van der Waals surface area contributed by atoms with Gasteiger partial charge in [-0.15, -0.1) is 0 Å². The monoisotopic (exact) mass is 506 g/mol. The van der Waals surface area contributed by atoms with E-state index in [1.807, 2.05) is 24.1 Å². The average molecular weight is 507 g/mol. The Bertz CT molecular complexity index is 1040. The average Bonchev–Trinajstić information content (AvgIpc) is 2.96. The van der Waals surface area contributed by atoms with E-state index in [-0.39, 0.29) is 12.5 Å². The molecule has 3 heterocycles. The molecule has 2 aliphatic rings. The predicted molar refractivity (Wildman–Crippen MR) is 148 cm³/mol. The van der Waals surface area contributed by atoms with Gasteiger partial charge in [-0.3, -0.25) is 9.69 Å². The Balaban J connectivity index is 1.39. The van der Waals surface area contributed by atoms with Crippen LogP contribution in [0.5, 0.6) is 0 Å². The summed E-state index contributed by atoms with van der Waals surface area (Å²) in [5.74, 6) is 1.64. The molecule has 2 saturated heterocycles. The van der Waals surface area contributed by atoms with Gasteiger partial charge in [0.1, 0.15) is 5.82 Å². The normalized spacial score (nSPS) is 18.4. The van der Waals surface area contributed by atoms with Crippen molar-refractivity contribution in [2.24, 2.45) is 0 Å². The van der Waals surface area contributed by atoms with E-state index in [1.165, 1.54) is 17.2 Å². The second-order valence-electron chi connectivity index (χ2n) is 10.3. The SMILES string of the molecule is C=CC(=O)N(CC)CC(C)N1CCC(c2cccc(Nc3nccc(C4CCOCC4)c3CO)c2)CC1. The number of amides is 1. The van der Waals surface area contributed by atoms with Crippen LogP contribution in [0.1, 0.15) is 68.1 Å². The third-order valence-corrected chi connectivity index (χ3v) is 8.04. The summed E-state index contributed by atoms with van der Waals surface area (Å²) in [6, 6.07) is 11.0. The lowest BCUT2D eigenvalue weighted by Crippen LogP contribution is -2.46. The molecule has 1 atom stereocenters. The third-order valence-electron chi connectivity index (χ3n) is 8.04. The fourth-order valence-corrected chi connectivity index (χ4v) is 5.79. The number of ether oxygens (including phenoxy) is 1. The molecule has 2 fully saturated rings. The summed E-state index contributed by atoms with van der Waals surface area (Å²) >= 11 is 0. The number of benzene rings is 1. The number of aliphatic hydroxyl groups is 1. The van der Waals surface area contributed by atoms with Gasteiger partial charge in [0.05, 0.1) is 6.61 Å². The Kier molecular flexibility index (Phi) is 9.72. The summed E-state index contributed by atoms with van der Waals surface area (Å²) in [6.45, 7) is 12.8. The first-order valence-corrected chi connectivity index (χ1v) is 13.7. The van der Waals surface area contributed by atoms with Crippen molar-refractivity contribution in [1.29, 1.82) is 0 Å². The molecule has 1 aromatic carbocycles. The number of nitrogens with one attached hydrogen (secondary N) is 1. The summed E-state index contributed by atoms with van der Waals surface area (Å²) in [5.41, 5.74) is 4.40. The van der Waals surface area contributed by atoms with Crippen LogP contribution in [0.2, 0.25) is 0 Å². The number of anilines is 2. The number of aromatic nitrogens is 1. The van der Waals surface area contributed by atoms with Crippen LogP contribution in [0.3, 0.4) is 0 Å². The number of likely N-dealkylation sites (N-methyl/N-ethyl adjacent to an activating group) is 1. The number of likely N-dealkylation sites (tertiary alicyclic amines) is 1. The minimum Gasteiger partial charge on any atom is -0.392 e. The van der Waals surface area contributed by atoms with E-state index in [9.17, 15) is 9.90 Å². The molecule has 2 aliphatic heterocycles. The lowest BCUT2D eigenvalue weighted by Gasteiger charge is -2.38. The van der Waals surface area contributed by atoms with Crippen molar-refractivity contribution >= 4 is 17.4 Å². The summed E-state index contributed by atoms with van der Waals surface area (Å²) < 4.78 is 5.53. The number of carbonyl (C=O) groups excluding carboxylic acids is 1. The van der Waals surface area contributed by atoms with Gasteiger partial charge < -0.3 is 20.1 Å². The van der Waals surface area contributed by atoms with Crippen LogP contribution >= 0.6 is 0 Å². The lowest BCUT2D eigenvalue weighted by atomic mass is 9.88. The molecule has 7 heteroatoms. The molecule has 1 amide bonds. The third kappa shape index (κ3) is 6.78. The van der Waals surface area contributed by atoms with Crippen molar-refractivity contribution in [2.45, 2.75) is 64.0 Å². The van der Waals surface area contributed by atoms with Crippen LogP contribution in [-0.4, -0.2) is 71.2 Å². The maximum atomic E-state index is 12.1. The summed E-state index contributed by atoms with van der Waals surface area (Å²) in [6.07, 6.45) is 7.39. The Morgan fingerprint density at radius 3 is 2.68 bits per heavy atom. The van der Waals surface area contributed by atoms with Crippen LogP contribution in [0.25, 0.3) is 0 Å². The molecule has 4 rings (SSSR count). The molecule has 37 heavy (non-hydrogen) atoms. The van der Waals surface area contributed by atoms with Gasteiger partial charge >= 0.3 is 0 Å². The van der Waals surface area contributed by atoms with E-state index < -0.39 is 0 Å². The highest BCUT2D eigenvalue weighted by Gasteiger charge is 2.26. The minimum absolute atomic E-state index is 0.00527. The van der Waals surface area contributed by atoms with Crippen LogP contribution in [0.4, 0.5) is 11.5 Å². The molecule has 200 valence electrons. The Morgan fingerprint density at radius 2 is 2.00 bits per heavy atom. The molecule has 0 radical (unpaired) electrons. The van der Waals surface area contributed by atoms with Gasteiger partial charge in [-0.1, -0.05) is 18.7 Å². The Hall–Kier alpha value is -2.74. The lowest BCUT2D eigenvalue weighted by molar-refractivity contribution is -0.126. The van der Waals surface area contributed by atoms with Gasteiger partial charge in [0.2, 0.25) is 5.91 Å². The molecule has 0 saturated carbocycles. The number of nitrogens with zero attached hydrogens (tertiary/aromatic N) is 3. The van der Waals surface area contributed by atoms with Crippen LogP contribution in [0.15, 0.2) is 49.2 Å². The van der Waals surface area contributed by atoms with E-state index in [4.69, 9.17) is 4.74 Å². The predicted octanol–water partition coefficient (Wildman–Crippen LogP) is 4.81. The van der Waals surface area contributed by atoms with Crippen molar-refractivity contribution < 1.29 is 14.6 Å².